The molecule has 0 bridgehead atoms. The Morgan fingerprint density at radius 2 is 1.61 bits per heavy atom. The van der Waals surface area contributed by atoms with E-state index in [0.717, 1.165) is 66.7 Å². The molecule has 11 heteroatoms. The summed E-state index contributed by atoms with van der Waals surface area (Å²) >= 11 is 5.18. The highest BCUT2D eigenvalue weighted by molar-refractivity contribution is 9.10. The number of morpholine rings is 2. The maximum absolute atomic E-state index is 13.2. The maximum Gasteiger partial charge on any atom is 0.243 e. The minimum absolute atomic E-state index is 0.291. The number of hydrogen-bond donors (Lipinski definition) is 0. The monoisotopic (exact) mass is 594 g/mol. The summed E-state index contributed by atoms with van der Waals surface area (Å²) in [5.41, 5.74) is 2.90. The lowest BCUT2D eigenvalue weighted by atomic mass is 10.2. The predicted molar refractivity (Wildman–Crippen MR) is 145 cm³/mol. The van der Waals surface area contributed by atoms with Gasteiger partial charge in [0.1, 0.15) is 0 Å². The topological polar surface area (TPSA) is 76.9 Å². The van der Waals surface area contributed by atoms with E-state index in [2.05, 4.69) is 37.5 Å². The number of benzene rings is 2. The fourth-order valence-electron chi connectivity index (χ4n) is 4.52. The van der Waals surface area contributed by atoms with Crippen molar-refractivity contribution in [2.24, 2.45) is 0 Å². The Hall–Kier alpha value is -1.47. The standard InChI is InChI=1S/C25H31BrN4O4S2/c26-21-4-2-20(3-5-21)19-35-25-27-23-18-22(36(31,32)29-12-16-34-17-13-29)6-7-24(23)30(25)9-1-8-28-10-14-33-15-11-28/h2-7,18H,1,8-17,19H2. The third kappa shape index (κ3) is 6.15. The molecule has 0 aliphatic carbocycles. The molecule has 194 valence electrons. The van der Waals surface area contributed by atoms with Gasteiger partial charge in [-0.25, -0.2) is 13.4 Å². The van der Waals surface area contributed by atoms with Crippen LogP contribution in [0.25, 0.3) is 11.0 Å². The molecule has 5 rings (SSSR count). The summed E-state index contributed by atoms with van der Waals surface area (Å²) in [6.07, 6.45) is 0.991. The summed E-state index contributed by atoms with van der Waals surface area (Å²) in [6, 6.07) is 13.7. The molecular weight excluding hydrogens is 564 g/mol. The van der Waals surface area contributed by atoms with Crippen LogP contribution in [-0.2, 0) is 31.8 Å². The van der Waals surface area contributed by atoms with Crippen molar-refractivity contribution < 1.29 is 17.9 Å². The summed E-state index contributed by atoms with van der Waals surface area (Å²) in [4.78, 5) is 7.63. The predicted octanol–water partition coefficient (Wildman–Crippen LogP) is 3.83. The Bertz CT molecular complexity index is 1270. The van der Waals surface area contributed by atoms with E-state index in [1.165, 1.54) is 9.87 Å². The van der Waals surface area contributed by atoms with Crippen molar-refractivity contribution in [3.05, 3.63) is 52.5 Å². The second-order valence-corrected chi connectivity index (χ2v) is 12.7. The number of sulfonamides is 1. The lowest BCUT2D eigenvalue weighted by Gasteiger charge is -2.26. The number of imidazole rings is 1. The molecule has 3 aromatic rings. The molecule has 0 amide bonds. The molecule has 8 nitrogen and oxygen atoms in total. The lowest BCUT2D eigenvalue weighted by molar-refractivity contribution is 0.0369. The van der Waals surface area contributed by atoms with Gasteiger partial charge in [-0.2, -0.15) is 4.31 Å². The number of thioether (sulfide) groups is 1. The van der Waals surface area contributed by atoms with Crippen LogP contribution in [0.3, 0.4) is 0 Å². The van der Waals surface area contributed by atoms with E-state index in [-0.39, 0.29) is 0 Å². The number of aromatic nitrogens is 2. The molecule has 1 aromatic heterocycles. The van der Waals surface area contributed by atoms with E-state index in [1.807, 2.05) is 18.2 Å². The van der Waals surface area contributed by atoms with Crippen molar-refractivity contribution in [3.63, 3.8) is 0 Å². The molecule has 0 spiro atoms. The first-order chi connectivity index (χ1) is 17.5. The molecule has 2 aliphatic heterocycles. The number of hydrogen-bond acceptors (Lipinski definition) is 7. The van der Waals surface area contributed by atoms with Gasteiger partial charge in [0.2, 0.25) is 10.0 Å². The van der Waals surface area contributed by atoms with E-state index >= 15 is 0 Å². The Kier molecular flexibility index (Phi) is 8.67. The highest BCUT2D eigenvalue weighted by Crippen LogP contribution is 2.30. The van der Waals surface area contributed by atoms with Gasteiger partial charge in [0.15, 0.2) is 5.16 Å². The molecule has 0 unspecified atom stereocenters. The minimum Gasteiger partial charge on any atom is -0.379 e. The molecule has 2 aromatic carbocycles. The van der Waals surface area contributed by atoms with E-state index in [4.69, 9.17) is 14.5 Å². The molecule has 2 aliphatic rings. The number of nitrogens with zero attached hydrogens (tertiary/aromatic N) is 4. The largest absolute Gasteiger partial charge is 0.379 e. The van der Waals surface area contributed by atoms with E-state index in [1.54, 1.807) is 23.9 Å². The second-order valence-electron chi connectivity index (χ2n) is 8.94. The van der Waals surface area contributed by atoms with Gasteiger partial charge in [0.25, 0.3) is 0 Å². The zero-order chi connectivity index (χ0) is 25.0. The Labute approximate surface area is 225 Å². The first-order valence-corrected chi connectivity index (χ1v) is 15.5. The first kappa shape index (κ1) is 26.1. The van der Waals surface area contributed by atoms with Crippen LogP contribution in [0.4, 0.5) is 0 Å². The quantitative estimate of drug-likeness (QED) is 0.348. The third-order valence-electron chi connectivity index (χ3n) is 6.53. The fraction of sp³-hybridized carbons (Fsp3) is 0.480. The van der Waals surface area contributed by atoms with Gasteiger partial charge in [-0.15, -0.1) is 0 Å². The van der Waals surface area contributed by atoms with Crippen molar-refractivity contribution in [2.75, 3.05) is 59.2 Å². The van der Waals surface area contributed by atoms with E-state index in [0.29, 0.717) is 36.7 Å². The summed E-state index contributed by atoms with van der Waals surface area (Å²) in [7, 11) is -3.57. The molecule has 0 saturated carbocycles. The first-order valence-electron chi connectivity index (χ1n) is 12.3. The smallest absolute Gasteiger partial charge is 0.243 e. The maximum atomic E-state index is 13.2. The molecule has 2 fully saturated rings. The lowest BCUT2D eigenvalue weighted by Crippen LogP contribution is -2.40. The number of halogens is 1. The van der Waals surface area contributed by atoms with Gasteiger partial charge < -0.3 is 14.0 Å². The molecule has 3 heterocycles. The number of aryl methyl sites for hydroxylation is 1. The Morgan fingerprint density at radius 1 is 0.917 bits per heavy atom. The van der Waals surface area contributed by atoms with Crippen LogP contribution in [0.5, 0.6) is 0 Å². The van der Waals surface area contributed by atoms with Crippen LogP contribution in [0, 0.1) is 0 Å². The van der Waals surface area contributed by atoms with Crippen LogP contribution in [0.1, 0.15) is 12.0 Å². The molecule has 36 heavy (non-hydrogen) atoms. The molecule has 0 radical (unpaired) electrons. The van der Waals surface area contributed by atoms with Gasteiger partial charge >= 0.3 is 0 Å². The van der Waals surface area contributed by atoms with Gasteiger partial charge in [-0.1, -0.05) is 39.8 Å². The van der Waals surface area contributed by atoms with Crippen molar-refractivity contribution in [1.29, 1.82) is 0 Å². The van der Waals surface area contributed by atoms with Crippen LogP contribution >= 0.6 is 27.7 Å². The average Bonchev–Trinajstić information content (AvgIpc) is 3.26. The minimum atomic E-state index is -3.57. The van der Waals surface area contributed by atoms with Gasteiger partial charge in [0.05, 0.1) is 42.4 Å². The summed E-state index contributed by atoms with van der Waals surface area (Å²) in [5, 5.41) is 0.913. The van der Waals surface area contributed by atoms with Crippen molar-refractivity contribution in [2.45, 2.75) is 28.8 Å². The van der Waals surface area contributed by atoms with Crippen molar-refractivity contribution in [3.8, 4) is 0 Å². The Morgan fingerprint density at radius 3 is 2.33 bits per heavy atom. The van der Waals surface area contributed by atoms with Crippen LogP contribution < -0.4 is 0 Å². The van der Waals surface area contributed by atoms with E-state index < -0.39 is 10.0 Å². The summed E-state index contributed by atoms with van der Waals surface area (Å²) in [5.74, 6) is 0.791. The number of fused-ring (bicyclic) bond motifs is 1. The molecule has 0 N–H and O–H groups in total. The van der Waals surface area contributed by atoms with Crippen LogP contribution in [-0.4, -0.2) is 86.3 Å². The average molecular weight is 596 g/mol. The van der Waals surface area contributed by atoms with Gasteiger partial charge in [0, 0.05) is 49.5 Å². The fourth-order valence-corrected chi connectivity index (χ4v) is 7.21. The van der Waals surface area contributed by atoms with Crippen LogP contribution in [0.15, 0.2) is 57.0 Å². The van der Waals surface area contributed by atoms with Crippen LogP contribution in [0.2, 0.25) is 0 Å². The van der Waals surface area contributed by atoms with Crippen molar-refractivity contribution >= 4 is 48.7 Å². The molecule has 0 atom stereocenters. The zero-order valence-corrected chi connectivity index (χ0v) is 23.4. The SMILES string of the molecule is O=S(=O)(c1ccc2c(c1)nc(SCc1ccc(Br)cc1)n2CCCN1CCOCC1)N1CCOCC1. The second kappa shape index (κ2) is 11.9. The number of rotatable bonds is 9. The Balaban J connectivity index is 1.39. The zero-order valence-electron chi connectivity index (χ0n) is 20.1. The third-order valence-corrected chi connectivity index (χ3v) is 10.0. The number of ether oxygens (including phenoxy) is 2. The summed E-state index contributed by atoms with van der Waals surface area (Å²) in [6.45, 7) is 6.97. The molecular formula is C25H31BrN4O4S2. The highest BCUT2D eigenvalue weighted by Gasteiger charge is 2.27. The normalized spacial score (nSPS) is 18.1. The van der Waals surface area contributed by atoms with E-state index in [9.17, 15) is 8.42 Å². The molecule has 2 saturated heterocycles. The highest BCUT2D eigenvalue weighted by atomic mass is 79.9. The van der Waals surface area contributed by atoms with Gasteiger partial charge in [-0.05, 0) is 42.3 Å². The van der Waals surface area contributed by atoms with Crippen molar-refractivity contribution in [1.82, 2.24) is 18.8 Å². The summed E-state index contributed by atoms with van der Waals surface area (Å²) < 4.78 is 42.0. The van der Waals surface area contributed by atoms with Gasteiger partial charge in [-0.3, -0.25) is 4.90 Å².